The van der Waals surface area contributed by atoms with E-state index in [1.54, 1.807) is 0 Å². The van der Waals surface area contributed by atoms with Crippen molar-refractivity contribution < 1.29 is 4.79 Å². The zero-order valence-corrected chi connectivity index (χ0v) is 12.1. The topological polar surface area (TPSA) is 17.1 Å². The van der Waals surface area contributed by atoms with Gasteiger partial charge in [0.15, 0.2) is 0 Å². The van der Waals surface area contributed by atoms with Gasteiger partial charge >= 0.3 is 0 Å². The number of fused-ring (bicyclic) bond motifs is 2. The van der Waals surface area contributed by atoms with Crippen LogP contribution in [0, 0.1) is 0 Å². The molecule has 3 aromatic carbocycles. The lowest BCUT2D eigenvalue weighted by Gasteiger charge is -2.00. The molecule has 0 aliphatic rings. The molecule has 0 atom stereocenters. The predicted molar refractivity (Wildman–Crippen MR) is 87.0 cm³/mol. The fourth-order valence-corrected chi connectivity index (χ4v) is 2.13. The molecule has 0 spiro atoms. The van der Waals surface area contributed by atoms with Crippen molar-refractivity contribution in [3.8, 4) is 0 Å². The smallest absolute Gasteiger partial charge is 0.132 e. The van der Waals surface area contributed by atoms with E-state index >= 15 is 0 Å². The molecule has 0 N–H and O–H groups in total. The van der Waals surface area contributed by atoms with Crippen LogP contribution >= 0.6 is 0 Å². The molecular weight excluding hydrogens is 244 g/mol. The Morgan fingerprint density at radius 2 is 1.00 bits per heavy atom. The van der Waals surface area contributed by atoms with Crippen molar-refractivity contribution in [2.24, 2.45) is 0 Å². The molecule has 0 amide bonds. The minimum Gasteiger partial charge on any atom is -0.300 e. The van der Waals surface area contributed by atoms with Crippen LogP contribution in [-0.2, 0) is 4.79 Å². The summed E-state index contributed by atoms with van der Waals surface area (Å²) in [6.45, 7) is 3.76. The van der Waals surface area contributed by atoms with Gasteiger partial charge in [-0.25, -0.2) is 0 Å². The molecule has 3 rings (SSSR count). The van der Waals surface area contributed by atoms with Crippen molar-refractivity contribution in [1.82, 2.24) is 0 Å². The monoisotopic (exact) mass is 264 g/mol. The van der Waals surface area contributed by atoms with Gasteiger partial charge in [0.1, 0.15) is 5.78 Å². The van der Waals surface area contributed by atoms with Crippen LogP contribution in [0.15, 0.2) is 60.7 Å². The molecule has 0 aliphatic heterocycles. The molecule has 1 nitrogen and oxygen atoms in total. The van der Waals surface area contributed by atoms with E-state index in [1.165, 1.54) is 21.5 Å². The summed E-state index contributed by atoms with van der Waals surface area (Å²) in [6, 6.07) is 21.4. The number of hydrogen-bond donors (Lipinski definition) is 0. The number of rotatable bonds is 2. The van der Waals surface area contributed by atoms with Gasteiger partial charge in [0, 0.05) is 12.8 Å². The summed E-state index contributed by atoms with van der Waals surface area (Å²) in [5.41, 5.74) is 0. The first-order chi connectivity index (χ1) is 9.74. The van der Waals surface area contributed by atoms with E-state index in [4.69, 9.17) is 0 Å². The number of benzene rings is 3. The first kappa shape index (κ1) is 14.3. The molecule has 0 saturated carbocycles. The van der Waals surface area contributed by atoms with Crippen molar-refractivity contribution in [2.75, 3.05) is 0 Å². The Bertz CT molecular complexity index is 602. The molecular formula is C19H20O. The molecule has 0 bridgehead atoms. The van der Waals surface area contributed by atoms with Crippen LogP contribution in [0.3, 0.4) is 0 Å². The SMILES string of the molecule is CCC(=O)CC.c1ccc2cc3ccccc3cc2c1. The third-order valence-corrected chi connectivity index (χ3v) is 3.40. The van der Waals surface area contributed by atoms with Crippen LogP contribution in [0.4, 0.5) is 0 Å². The van der Waals surface area contributed by atoms with E-state index in [0.717, 1.165) is 0 Å². The van der Waals surface area contributed by atoms with E-state index in [9.17, 15) is 4.79 Å². The summed E-state index contributed by atoms with van der Waals surface area (Å²) in [6.07, 6.45) is 1.38. The van der Waals surface area contributed by atoms with Crippen molar-refractivity contribution in [3.05, 3.63) is 60.7 Å². The molecule has 0 unspecified atom stereocenters. The standard InChI is InChI=1S/C14H10.C5H10O/c1-2-6-12-10-14-8-4-3-7-13(14)9-11(12)5-1;1-3-5(6)4-2/h1-10H;3-4H2,1-2H3. The lowest BCUT2D eigenvalue weighted by molar-refractivity contribution is -0.118. The van der Waals surface area contributed by atoms with Gasteiger partial charge in [-0.2, -0.15) is 0 Å². The fraction of sp³-hybridized carbons (Fsp3) is 0.211. The number of carbonyl (C=O) groups excluding carboxylic acids is 1. The predicted octanol–water partition coefficient (Wildman–Crippen LogP) is 5.37. The first-order valence-electron chi connectivity index (χ1n) is 7.13. The highest BCUT2D eigenvalue weighted by molar-refractivity contribution is 5.98. The summed E-state index contributed by atoms with van der Waals surface area (Å²) < 4.78 is 0. The van der Waals surface area contributed by atoms with Crippen molar-refractivity contribution >= 4 is 27.3 Å². The average molecular weight is 264 g/mol. The summed E-state index contributed by atoms with van der Waals surface area (Å²) in [4.78, 5) is 10.2. The summed E-state index contributed by atoms with van der Waals surface area (Å²) in [5.74, 6) is 0.343. The highest BCUT2D eigenvalue weighted by Crippen LogP contribution is 2.21. The van der Waals surface area contributed by atoms with Gasteiger partial charge in [0.25, 0.3) is 0 Å². The Kier molecular flexibility index (Phi) is 4.89. The maximum Gasteiger partial charge on any atom is 0.132 e. The van der Waals surface area contributed by atoms with Crippen molar-refractivity contribution in [1.29, 1.82) is 0 Å². The van der Waals surface area contributed by atoms with Gasteiger partial charge in [-0.3, -0.25) is 4.79 Å². The summed E-state index contributed by atoms with van der Waals surface area (Å²) >= 11 is 0. The van der Waals surface area contributed by atoms with Crippen molar-refractivity contribution in [2.45, 2.75) is 26.7 Å². The molecule has 0 aliphatic carbocycles. The minimum atomic E-state index is 0.343. The molecule has 1 heteroatoms. The third kappa shape index (κ3) is 3.45. The highest BCUT2D eigenvalue weighted by atomic mass is 16.1. The molecule has 0 saturated heterocycles. The maximum absolute atomic E-state index is 10.2. The normalized spacial score (nSPS) is 10.1. The highest BCUT2D eigenvalue weighted by Gasteiger charge is 1.95. The second kappa shape index (κ2) is 6.85. The lowest BCUT2D eigenvalue weighted by Crippen LogP contribution is -1.88. The van der Waals surface area contributed by atoms with Crippen LogP contribution in [0.2, 0.25) is 0 Å². The Morgan fingerprint density at radius 3 is 1.20 bits per heavy atom. The van der Waals surface area contributed by atoms with E-state index in [-0.39, 0.29) is 0 Å². The van der Waals surface area contributed by atoms with Crippen LogP contribution in [0.5, 0.6) is 0 Å². The van der Waals surface area contributed by atoms with Crippen LogP contribution in [0.1, 0.15) is 26.7 Å². The quantitative estimate of drug-likeness (QED) is 0.569. The second-order valence-corrected chi connectivity index (χ2v) is 4.79. The van der Waals surface area contributed by atoms with Crippen LogP contribution in [0.25, 0.3) is 21.5 Å². The zero-order chi connectivity index (χ0) is 14.4. The van der Waals surface area contributed by atoms with E-state index in [2.05, 4.69) is 60.7 Å². The van der Waals surface area contributed by atoms with E-state index < -0.39 is 0 Å². The number of Topliss-reactive ketones (excluding diaryl/α,β-unsaturated/α-hetero) is 1. The van der Waals surface area contributed by atoms with Gasteiger partial charge < -0.3 is 0 Å². The van der Waals surface area contributed by atoms with E-state index in [1.807, 2.05) is 13.8 Å². The largest absolute Gasteiger partial charge is 0.300 e. The number of ketones is 1. The van der Waals surface area contributed by atoms with Crippen LogP contribution < -0.4 is 0 Å². The third-order valence-electron chi connectivity index (χ3n) is 3.40. The molecule has 0 aromatic heterocycles. The first-order valence-corrected chi connectivity index (χ1v) is 7.13. The molecule has 20 heavy (non-hydrogen) atoms. The average Bonchev–Trinajstić information content (AvgIpc) is 2.52. The summed E-state index contributed by atoms with van der Waals surface area (Å²) in [5, 5.41) is 5.25. The number of carbonyl (C=O) groups is 1. The fourth-order valence-electron chi connectivity index (χ4n) is 2.13. The molecule has 3 aromatic rings. The summed E-state index contributed by atoms with van der Waals surface area (Å²) in [7, 11) is 0. The zero-order valence-electron chi connectivity index (χ0n) is 12.1. The Labute approximate surface area is 120 Å². The van der Waals surface area contributed by atoms with Gasteiger partial charge in [-0.15, -0.1) is 0 Å². The minimum absolute atomic E-state index is 0.343. The molecule has 0 fully saturated rings. The Hall–Kier alpha value is -2.15. The van der Waals surface area contributed by atoms with E-state index in [0.29, 0.717) is 18.6 Å². The van der Waals surface area contributed by atoms with Gasteiger partial charge in [-0.1, -0.05) is 62.4 Å². The van der Waals surface area contributed by atoms with Gasteiger partial charge in [-0.05, 0) is 33.7 Å². The van der Waals surface area contributed by atoms with Crippen LogP contribution in [-0.4, -0.2) is 5.78 Å². The van der Waals surface area contributed by atoms with Gasteiger partial charge in [0.05, 0.1) is 0 Å². The maximum atomic E-state index is 10.2. The second-order valence-electron chi connectivity index (χ2n) is 4.79. The Morgan fingerprint density at radius 1 is 0.700 bits per heavy atom. The number of hydrogen-bond acceptors (Lipinski definition) is 1. The van der Waals surface area contributed by atoms with Gasteiger partial charge in [0.2, 0.25) is 0 Å². The van der Waals surface area contributed by atoms with Crippen molar-refractivity contribution in [3.63, 3.8) is 0 Å². The Balaban J connectivity index is 0.000000212. The lowest BCUT2D eigenvalue weighted by atomic mass is 10.0. The molecule has 102 valence electrons. The molecule has 0 heterocycles. The molecule has 0 radical (unpaired) electrons.